The first-order valence-electron chi connectivity index (χ1n) is 12.7. The molecule has 0 spiro atoms. The number of hydrogen-bond acceptors (Lipinski definition) is 9. The lowest BCUT2D eigenvalue weighted by molar-refractivity contribution is 0.0698. The molecule has 0 aliphatic carbocycles. The van der Waals surface area contributed by atoms with Crippen molar-refractivity contribution in [3.63, 3.8) is 0 Å². The molecular weight excluding hydrogens is 490 g/mol. The van der Waals surface area contributed by atoms with E-state index >= 15 is 0 Å². The number of aryl methyl sites for hydroxylation is 1. The maximum Gasteiger partial charge on any atom is 0.410 e. The van der Waals surface area contributed by atoms with Gasteiger partial charge in [-0.15, -0.1) is 0 Å². The number of hydrogen-bond donors (Lipinski definition) is 1. The highest BCUT2D eigenvalue weighted by molar-refractivity contribution is 6.02. The van der Waals surface area contributed by atoms with Crippen molar-refractivity contribution >= 4 is 35.7 Å². The van der Waals surface area contributed by atoms with Crippen molar-refractivity contribution in [3.05, 3.63) is 40.7 Å². The van der Waals surface area contributed by atoms with Crippen LogP contribution < -0.4 is 15.1 Å². The fourth-order valence-corrected chi connectivity index (χ4v) is 5.11. The molecule has 2 aromatic heterocycles. The van der Waals surface area contributed by atoms with Crippen LogP contribution in [-0.2, 0) is 22.4 Å². The summed E-state index contributed by atoms with van der Waals surface area (Å²) in [6.07, 6.45) is 4.76. The van der Waals surface area contributed by atoms with Crippen LogP contribution in [0.4, 0.5) is 26.9 Å². The Morgan fingerprint density at radius 1 is 1.32 bits per heavy atom. The van der Waals surface area contributed by atoms with Gasteiger partial charge >= 0.3 is 12.1 Å². The van der Waals surface area contributed by atoms with Crippen LogP contribution in [0.1, 0.15) is 46.4 Å². The van der Waals surface area contributed by atoms with Gasteiger partial charge in [0.05, 0.1) is 30.5 Å². The number of carbonyl (C=O) groups excluding carboxylic acids is 3. The summed E-state index contributed by atoms with van der Waals surface area (Å²) >= 11 is 0. The van der Waals surface area contributed by atoms with E-state index in [1.807, 2.05) is 6.07 Å². The minimum Gasteiger partial charge on any atom is -0.449 e. The summed E-state index contributed by atoms with van der Waals surface area (Å²) in [5.41, 5.74) is 2.75. The summed E-state index contributed by atoms with van der Waals surface area (Å²) in [7, 11) is 1.67. The number of carbonyl (C=O) groups is 3. The highest BCUT2D eigenvalue weighted by atomic mass is 16.6. The van der Waals surface area contributed by atoms with Gasteiger partial charge in [0.1, 0.15) is 23.4 Å². The summed E-state index contributed by atoms with van der Waals surface area (Å²) in [6.45, 7) is 2.97. The molecule has 12 nitrogen and oxygen atoms in total. The molecule has 0 saturated carbocycles. The summed E-state index contributed by atoms with van der Waals surface area (Å²) in [4.78, 5) is 51.2. The molecule has 5 heterocycles. The van der Waals surface area contributed by atoms with Crippen LogP contribution in [0.25, 0.3) is 0 Å². The molecule has 2 aromatic rings. The Balaban J connectivity index is 1.36. The van der Waals surface area contributed by atoms with E-state index in [2.05, 4.69) is 26.3 Å². The number of urea groups is 1. The molecule has 1 atom stereocenters. The Bertz CT molecular complexity index is 1290. The SMILES string of the molecule is CO[C@H]1CCN(c2cc(NC(=O)N3CCCc4cc(CN5CCCOC5=O)c(C=O)nc43)ncc2C#N)C1. The number of fused-ring (bicyclic) bond motifs is 1. The van der Waals surface area contributed by atoms with E-state index in [0.717, 1.165) is 24.9 Å². The molecule has 198 valence electrons. The zero-order chi connectivity index (χ0) is 26.6. The molecule has 12 heteroatoms. The number of nitrogens with one attached hydrogen (secondary N) is 1. The number of pyridine rings is 2. The van der Waals surface area contributed by atoms with Crippen molar-refractivity contribution < 1.29 is 23.9 Å². The lowest BCUT2D eigenvalue weighted by Gasteiger charge is -2.30. The van der Waals surface area contributed by atoms with Crippen LogP contribution in [0.5, 0.6) is 0 Å². The van der Waals surface area contributed by atoms with Crippen molar-refractivity contribution in [2.45, 2.75) is 38.3 Å². The van der Waals surface area contributed by atoms with Crippen molar-refractivity contribution in [1.82, 2.24) is 14.9 Å². The lowest BCUT2D eigenvalue weighted by atomic mass is 10.0. The average molecular weight is 520 g/mol. The lowest BCUT2D eigenvalue weighted by Crippen LogP contribution is -2.40. The minimum atomic E-state index is -0.429. The van der Waals surface area contributed by atoms with E-state index in [9.17, 15) is 19.6 Å². The minimum absolute atomic E-state index is 0.0844. The van der Waals surface area contributed by atoms with Gasteiger partial charge in [-0.25, -0.2) is 19.6 Å². The second-order valence-electron chi connectivity index (χ2n) is 9.50. The van der Waals surface area contributed by atoms with Gasteiger partial charge in [0, 0.05) is 51.1 Å². The number of amides is 3. The predicted octanol–water partition coefficient (Wildman–Crippen LogP) is 2.71. The van der Waals surface area contributed by atoms with E-state index in [0.29, 0.717) is 73.8 Å². The van der Waals surface area contributed by atoms with E-state index in [4.69, 9.17) is 9.47 Å². The Hall–Kier alpha value is -4.24. The van der Waals surface area contributed by atoms with Gasteiger partial charge in [-0.3, -0.25) is 15.0 Å². The fraction of sp³-hybridized carbons (Fsp3) is 0.462. The number of cyclic esters (lactones) is 1. The third kappa shape index (κ3) is 5.10. The highest BCUT2D eigenvalue weighted by Crippen LogP contribution is 2.30. The molecule has 2 saturated heterocycles. The van der Waals surface area contributed by atoms with Crippen LogP contribution in [-0.4, -0.2) is 79.3 Å². The van der Waals surface area contributed by atoms with Crippen LogP contribution in [0.3, 0.4) is 0 Å². The smallest absolute Gasteiger partial charge is 0.410 e. The van der Waals surface area contributed by atoms with Crippen molar-refractivity contribution in [2.75, 3.05) is 55.0 Å². The van der Waals surface area contributed by atoms with Crippen LogP contribution in [0, 0.1) is 11.3 Å². The first-order chi connectivity index (χ1) is 18.5. The number of ether oxygens (including phenoxy) is 2. The molecule has 5 rings (SSSR count). The molecule has 3 aliphatic rings. The van der Waals surface area contributed by atoms with Gasteiger partial charge in [0.25, 0.3) is 0 Å². The standard InChI is InChI=1S/C26H29N7O5/c1-37-20-5-8-31(15-20)22-11-23(28-13-19(22)12-27)30-25(35)33-7-2-4-17-10-18(21(16-34)29-24(17)33)14-32-6-3-9-38-26(32)36/h10-11,13,16,20H,2-9,14-15H2,1H3,(H,28,30,35)/t20-/m0/s1. The number of nitriles is 1. The third-order valence-corrected chi connectivity index (χ3v) is 7.11. The molecule has 2 fully saturated rings. The first-order valence-corrected chi connectivity index (χ1v) is 12.7. The Morgan fingerprint density at radius 2 is 2.18 bits per heavy atom. The molecule has 0 unspecified atom stereocenters. The Labute approximate surface area is 220 Å². The summed E-state index contributed by atoms with van der Waals surface area (Å²) < 4.78 is 10.5. The van der Waals surface area contributed by atoms with Crippen molar-refractivity contribution in [1.29, 1.82) is 5.26 Å². The van der Waals surface area contributed by atoms with E-state index in [-0.39, 0.29) is 18.3 Å². The Kier molecular flexibility index (Phi) is 7.37. The number of nitrogens with zero attached hydrogens (tertiary/aromatic N) is 6. The molecule has 3 amide bonds. The summed E-state index contributed by atoms with van der Waals surface area (Å²) in [5.74, 6) is 0.727. The fourth-order valence-electron chi connectivity index (χ4n) is 5.11. The average Bonchev–Trinajstić information content (AvgIpc) is 3.43. The molecular formula is C26H29N7O5. The molecule has 0 radical (unpaired) electrons. The number of methoxy groups -OCH3 is 1. The Morgan fingerprint density at radius 3 is 2.92 bits per heavy atom. The largest absolute Gasteiger partial charge is 0.449 e. The number of anilines is 3. The number of rotatable bonds is 6. The van der Waals surface area contributed by atoms with E-state index in [1.54, 1.807) is 18.1 Å². The zero-order valence-electron chi connectivity index (χ0n) is 21.2. The van der Waals surface area contributed by atoms with Gasteiger partial charge in [0.15, 0.2) is 6.29 Å². The van der Waals surface area contributed by atoms with Gasteiger partial charge in [0.2, 0.25) is 0 Å². The normalized spacial score (nSPS) is 19.0. The van der Waals surface area contributed by atoms with Gasteiger partial charge < -0.3 is 19.3 Å². The number of aldehydes is 1. The van der Waals surface area contributed by atoms with Crippen LogP contribution in [0.15, 0.2) is 18.3 Å². The summed E-state index contributed by atoms with van der Waals surface area (Å²) in [5, 5.41) is 12.4. The van der Waals surface area contributed by atoms with E-state index in [1.165, 1.54) is 11.1 Å². The highest BCUT2D eigenvalue weighted by Gasteiger charge is 2.29. The second kappa shape index (κ2) is 11.0. The maximum absolute atomic E-state index is 13.3. The van der Waals surface area contributed by atoms with Crippen LogP contribution in [0.2, 0.25) is 0 Å². The van der Waals surface area contributed by atoms with Crippen LogP contribution >= 0.6 is 0 Å². The quantitative estimate of drug-likeness (QED) is 0.570. The first kappa shape index (κ1) is 25.4. The molecule has 1 N–H and O–H groups in total. The second-order valence-corrected chi connectivity index (χ2v) is 9.50. The van der Waals surface area contributed by atoms with E-state index < -0.39 is 12.1 Å². The molecule has 0 aromatic carbocycles. The molecule has 38 heavy (non-hydrogen) atoms. The topological polar surface area (TPSA) is 141 Å². The zero-order valence-corrected chi connectivity index (χ0v) is 21.2. The van der Waals surface area contributed by atoms with Crippen molar-refractivity contribution in [2.24, 2.45) is 0 Å². The number of aromatic nitrogens is 2. The predicted molar refractivity (Wildman–Crippen MR) is 137 cm³/mol. The third-order valence-electron chi connectivity index (χ3n) is 7.11. The summed E-state index contributed by atoms with van der Waals surface area (Å²) in [6, 6.07) is 5.29. The van der Waals surface area contributed by atoms with Gasteiger partial charge in [-0.05, 0) is 37.3 Å². The molecule has 3 aliphatic heterocycles. The molecule has 0 bridgehead atoms. The van der Waals surface area contributed by atoms with Gasteiger partial charge in [-0.2, -0.15) is 5.26 Å². The monoisotopic (exact) mass is 519 g/mol. The maximum atomic E-state index is 13.3. The van der Waals surface area contributed by atoms with Crippen molar-refractivity contribution in [3.8, 4) is 6.07 Å². The van der Waals surface area contributed by atoms with Gasteiger partial charge in [-0.1, -0.05) is 0 Å².